The maximum atomic E-state index is 11.6. The van der Waals surface area contributed by atoms with Crippen molar-refractivity contribution in [3.63, 3.8) is 0 Å². The van der Waals surface area contributed by atoms with E-state index in [1.54, 1.807) is 0 Å². The number of aromatic nitrogens is 1. The summed E-state index contributed by atoms with van der Waals surface area (Å²) in [7, 11) is 0. The minimum absolute atomic E-state index is 0.144. The largest absolute Gasteiger partial charge is 0.384 e. The first-order valence-electron chi connectivity index (χ1n) is 5.06. The SMILES string of the molecule is NC(=O)COCCNC(=O)c1cc(N)nc(Cl)c1. The number of nitrogens with two attached hydrogens (primary N) is 2. The molecule has 0 aromatic carbocycles. The molecule has 1 rings (SSSR count). The maximum absolute atomic E-state index is 11.6. The lowest BCUT2D eigenvalue weighted by atomic mass is 10.2. The molecule has 1 heterocycles. The van der Waals surface area contributed by atoms with Gasteiger partial charge in [-0.05, 0) is 12.1 Å². The molecule has 1 aromatic heterocycles. The van der Waals surface area contributed by atoms with Gasteiger partial charge >= 0.3 is 0 Å². The molecular formula is C10H13ClN4O3. The van der Waals surface area contributed by atoms with Gasteiger partial charge in [0.2, 0.25) is 5.91 Å². The Balaban J connectivity index is 2.38. The number of pyridine rings is 1. The van der Waals surface area contributed by atoms with Crippen LogP contribution in [0.5, 0.6) is 0 Å². The topological polar surface area (TPSA) is 120 Å². The molecule has 1 aromatic rings. The molecule has 0 saturated heterocycles. The third-order valence-electron chi connectivity index (χ3n) is 1.85. The molecule has 0 aliphatic heterocycles. The quantitative estimate of drug-likeness (QED) is 0.478. The van der Waals surface area contributed by atoms with Gasteiger partial charge in [0.05, 0.1) is 6.61 Å². The Morgan fingerprint density at radius 2 is 2.17 bits per heavy atom. The van der Waals surface area contributed by atoms with E-state index in [2.05, 4.69) is 10.3 Å². The first kappa shape index (κ1) is 14.2. The van der Waals surface area contributed by atoms with Gasteiger partial charge in [0, 0.05) is 12.1 Å². The zero-order valence-corrected chi connectivity index (χ0v) is 10.2. The number of nitrogens with zero attached hydrogens (tertiary/aromatic N) is 1. The van der Waals surface area contributed by atoms with Crippen LogP contribution >= 0.6 is 11.6 Å². The Morgan fingerprint density at radius 3 is 2.78 bits per heavy atom. The Hall–Kier alpha value is -1.86. The molecule has 0 saturated carbocycles. The van der Waals surface area contributed by atoms with E-state index in [1.165, 1.54) is 12.1 Å². The molecule has 8 heteroatoms. The summed E-state index contributed by atoms with van der Waals surface area (Å²) in [6, 6.07) is 2.81. The van der Waals surface area contributed by atoms with Crippen LogP contribution in [0.25, 0.3) is 0 Å². The van der Waals surface area contributed by atoms with Gasteiger partial charge in [-0.25, -0.2) is 4.98 Å². The second kappa shape index (κ2) is 6.77. The fourth-order valence-electron chi connectivity index (χ4n) is 1.16. The predicted molar refractivity (Wildman–Crippen MR) is 66.0 cm³/mol. The number of halogens is 1. The highest BCUT2D eigenvalue weighted by Gasteiger charge is 2.07. The first-order valence-corrected chi connectivity index (χ1v) is 5.44. The number of nitrogens with one attached hydrogen (secondary N) is 1. The fourth-order valence-corrected chi connectivity index (χ4v) is 1.37. The Labute approximate surface area is 108 Å². The average molecular weight is 273 g/mol. The number of nitrogen functional groups attached to an aromatic ring is 1. The van der Waals surface area contributed by atoms with Crippen molar-refractivity contribution in [3.05, 3.63) is 22.8 Å². The van der Waals surface area contributed by atoms with Gasteiger partial charge in [-0.1, -0.05) is 11.6 Å². The Morgan fingerprint density at radius 1 is 1.44 bits per heavy atom. The molecule has 0 spiro atoms. The van der Waals surface area contributed by atoms with Gasteiger partial charge < -0.3 is 21.5 Å². The van der Waals surface area contributed by atoms with E-state index in [0.717, 1.165) is 0 Å². The third-order valence-corrected chi connectivity index (χ3v) is 2.05. The molecule has 5 N–H and O–H groups in total. The van der Waals surface area contributed by atoms with Crippen molar-refractivity contribution in [2.24, 2.45) is 5.73 Å². The van der Waals surface area contributed by atoms with E-state index in [9.17, 15) is 9.59 Å². The van der Waals surface area contributed by atoms with Crippen LogP contribution in [0, 0.1) is 0 Å². The van der Waals surface area contributed by atoms with Gasteiger partial charge in [0.15, 0.2) is 0 Å². The normalized spacial score (nSPS) is 10.1. The van der Waals surface area contributed by atoms with Gasteiger partial charge in [0.25, 0.3) is 5.91 Å². The smallest absolute Gasteiger partial charge is 0.251 e. The first-order chi connectivity index (χ1) is 8.49. The van der Waals surface area contributed by atoms with E-state index in [0.29, 0.717) is 5.56 Å². The van der Waals surface area contributed by atoms with Crippen molar-refractivity contribution in [1.82, 2.24) is 10.3 Å². The van der Waals surface area contributed by atoms with Gasteiger partial charge in [0.1, 0.15) is 17.6 Å². The van der Waals surface area contributed by atoms with Gasteiger partial charge in [-0.2, -0.15) is 0 Å². The van der Waals surface area contributed by atoms with Crippen LogP contribution in [0.4, 0.5) is 5.82 Å². The molecule has 0 unspecified atom stereocenters. The number of hydrogen-bond donors (Lipinski definition) is 3. The summed E-state index contributed by atoms with van der Waals surface area (Å²) in [4.78, 5) is 25.7. The fraction of sp³-hybridized carbons (Fsp3) is 0.300. The number of carbonyl (C=O) groups is 2. The van der Waals surface area contributed by atoms with E-state index in [-0.39, 0.29) is 36.6 Å². The molecule has 0 atom stereocenters. The number of ether oxygens (including phenoxy) is 1. The van der Waals surface area contributed by atoms with E-state index in [4.69, 9.17) is 27.8 Å². The summed E-state index contributed by atoms with van der Waals surface area (Å²) in [6.45, 7) is 0.249. The van der Waals surface area contributed by atoms with E-state index in [1.807, 2.05) is 0 Å². The average Bonchev–Trinajstić information content (AvgIpc) is 2.26. The highest BCUT2D eigenvalue weighted by molar-refractivity contribution is 6.29. The summed E-state index contributed by atoms with van der Waals surface area (Å²) in [6.07, 6.45) is 0. The lowest BCUT2D eigenvalue weighted by molar-refractivity contribution is -0.122. The lowest BCUT2D eigenvalue weighted by Gasteiger charge is -2.06. The van der Waals surface area contributed by atoms with E-state index < -0.39 is 5.91 Å². The second-order valence-electron chi connectivity index (χ2n) is 3.38. The molecule has 7 nitrogen and oxygen atoms in total. The van der Waals surface area contributed by atoms with Gasteiger partial charge in [-0.3, -0.25) is 9.59 Å². The van der Waals surface area contributed by atoms with Crippen molar-refractivity contribution in [2.75, 3.05) is 25.5 Å². The van der Waals surface area contributed by atoms with Crippen molar-refractivity contribution in [1.29, 1.82) is 0 Å². The number of rotatable bonds is 6. The molecule has 0 fully saturated rings. The van der Waals surface area contributed by atoms with Crippen molar-refractivity contribution in [3.8, 4) is 0 Å². The highest BCUT2D eigenvalue weighted by atomic mass is 35.5. The minimum Gasteiger partial charge on any atom is -0.384 e. The molecule has 0 radical (unpaired) electrons. The van der Waals surface area contributed by atoms with Gasteiger partial charge in [-0.15, -0.1) is 0 Å². The van der Waals surface area contributed by atoms with E-state index >= 15 is 0 Å². The lowest BCUT2D eigenvalue weighted by Crippen LogP contribution is -2.29. The molecular weight excluding hydrogens is 260 g/mol. The Kier molecular flexibility index (Phi) is 5.34. The molecule has 0 aliphatic carbocycles. The van der Waals surface area contributed by atoms with Crippen LogP contribution in [0.3, 0.4) is 0 Å². The van der Waals surface area contributed by atoms with Crippen LogP contribution in [-0.4, -0.2) is 36.6 Å². The number of anilines is 1. The number of carbonyl (C=O) groups excluding carboxylic acids is 2. The summed E-state index contributed by atoms with van der Waals surface area (Å²) in [5.41, 5.74) is 10.6. The zero-order chi connectivity index (χ0) is 13.5. The van der Waals surface area contributed by atoms with Crippen LogP contribution < -0.4 is 16.8 Å². The molecule has 2 amide bonds. The number of hydrogen-bond acceptors (Lipinski definition) is 5. The summed E-state index contributed by atoms with van der Waals surface area (Å²) < 4.78 is 4.88. The predicted octanol–water partition coefficient (Wildman–Crippen LogP) is -0.451. The monoisotopic (exact) mass is 272 g/mol. The highest BCUT2D eigenvalue weighted by Crippen LogP contribution is 2.11. The summed E-state index contributed by atoms with van der Waals surface area (Å²) in [5, 5.41) is 2.71. The van der Waals surface area contributed by atoms with Crippen LogP contribution in [0.15, 0.2) is 12.1 Å². The van der Waals surface area contributed by atoms with Crippen LogP contribution in [-0.2, 0) is 9.53 Å². The molecule has 0 bridgehead atoms. The number of primary amides is 1. The summed E-state index contributed by atoms with van der Waals surface area (Å²) >= 11 is 5.67. The Bertz CT molecular complexity index is 432. The van der Waals surface area contributed by atoms with Crippen molar-refractivity contribution < 1.29 is 14.3 Å². The minimum atomic E-state index is -0.560. The molecule has 98 valence electrons. The number of amides is 2. The van der Waals surface area contributed by atoms with Crippen LogP contribution in [0.1, 0.15) is 10.4 Å². The molecule has 0 aliphatic rings. The third kappa shape index (κ3) is 4.98. The van der Waals surface area contributed by atoms with Crippen molar-refractivity contribution in [2.45, 2.75) is 0 Å². The van der Waals surface area contributed by atoms with Crippen molar-refractivity contribution >= 4 is 29.2 Å². The maximum Gasteiger partial charge on any atom is 0.251 e. The summed E-state index contributed by atoms with van der Waals surface area (Å²) in [5.74, 6) is -0.749. The molecule has 18 heavy (non-hydrogen) atoms. The zero-order valence-electron chi connectivity index (χ0n) is 9.48. The standard InChI is InChI=1S/C10H13ClN4O3/c11-7-3-6(4-8(12)15-7)10(17)14-1-2-18-5-9(13)16/h3-4H,1-2,5H2,(H2,12,15)(H2,13,16)(H,14,17). The van der Waals surface area contributed by atoms with Crippen LogP contribution in [0.2, 0.25) is 5.15 Å². The second-order valence-corrected chi connectivity index (χ2v) is 3.77.